The predicted octanol–water partition coefficient (Wildman–Crippen LogP) is 2.76. The van der Waals surface area contributed by atoms with Crippen LogP contribution in [0.15, 0.2) is 34.9 Å². The van der Waals surface area contributed by atoms with E-state index in [-0.39, 0.29) is 18.0 Å². The maximum atomic E-state index is 12.3. The molecule has 0 bridgehead atoms. The highest BCUT2D eigenvalue weighted by Gasteiger charge is 2.24. The Balaban J connectivity index is 1.99. The number of rotatable bonds is 7. The lowest BCUT2D eigenvalue weighted by Gasteiger charge is -2.13. The number of hydrogen-bond donors (Lipinski definition) is 2. The quantitative estimate of drug-likeness (QED) is 0.794. The molecule has 2 N–H and O–H groups in total. The highest BCUT2D eigenvalue weighted by Crippen LogP contribution is 2.21. The zero-order chi connectivity index (χ0) is 17.7. The van der Waals surface area contributed by atoms with Crippen LogP contribution in [0.1, 0.15) is 12.1 Å². The molecular weight excluding hydrogens is 346 g/mol. The van der Waals surface area contributed by atoms with E-state index in [2.05, 4.69) is 4.98 Å². The van der Waals surface area contributed by atoms with Crippen LogP contribution < -0.4 is 5.32 Å². The highest BCUT2D eigenvalue weighted by atomic mass is 35.5. The summed E-state index contributed by atoms with van der Waals surface area (Å²) in [6.45, 7) is 0. The second kappa shape index (κ2) is 7.87. The summed E-state index contributed by atoms with van der Waals surface area (Å²) < 4.78 is 29.8. The van der Waals surface area contributed by atoms with Gasteiger partial charge >= 0.3 is 5.97 Å². The van der Waals surface area contributed by atoms with Gasteiger partial charge in [-0.25, -0.2) is 18.6 Å². The van der Waals surface area contributed by atoms with Gasteiger partial charge in [-0.1, -0.05) is 11.6 Å². The van der Waals surface area contributed by atoms with Crippen molar-refractivity contribution in [3.63, 3.8) is 0 Å². The van der Waals surface area contributed by atoms with Crippen molar-refractivity contribution in [3.8, 4) is 11.5 Å². The summed E-state index contributed by atoms with van der Waals surface area (Å²) in [5.74, 6) is -2.00. The molecule has 0 fully saturated rings. The van der Waals surface area contributed by atoms with Gasteiger partial charge in [-0.15, -0.1) is 0 Å². The molecule has 1 aromatic heterocycles. The number of halogens is 3. The monoisotopic (exact) mass is 358 g/mol. The summed E-state index contributed by atoms with van der Waals surface area (Å²) >= 11 is 5.78. The number of nitrogens with zero attached hydrogens (tertiary/aromatic N) is 1. The van der Waals surface area contributed by atoms with E-state index >= 15 is 0 Å². The predicted molar refractivity (Wildman–Crippen MR) is 80.8 cm³/mol. The third-order valence-corrected chi connectivity index (χ3v) is 3.28. The molecule has 1 heterocycles. The van der Waals surface area contributed by atoms with Gasteiger partial charge in [0.05, 0.1) is 12.1 Å². The van der Waals surface area contributed by atoms with Crippen LogP contribution >= 0.6 is 11.6 Å². The minimum atomic E-state index is -2.84. The molecule has 0 saturated carbocycles. The van der Waals surface area contributed by atoms with Crippen molar-refractivity contribution < 1.29 is 27.9 Å². The molecule has 1 unspecified atom stereocenters. The zero-order valence-corrected chi connectivity index (χ0v) is 13.0. The number of aromatic nitrogens is 1. The Labute approximate surface area is 140 Å². The number of carbonyl (C=O) groups is 2. The van der Waals surface area contributed by atoms with Gasteiger partial charge < -0.3 is 14.8 Å². The SMILES string of the molecule is O=C(Cc1coc(-c2ccc(Cl)cc2)n1)NC(CC(F)F)C(=O)O. The number of carboxylic acids is 1. The van der Waals surface area contributed by atoms with E-state index in [4.69, 9.17) is 21.1 Å². The van der Waals surface area contributed by atoms with Crippen molar-refractivity contribution in [2.75, 3.05) is 0 Å². The lowest BCUT2D eigenvalue weighted by molar-refractivity contribution is -0.142. The van der Waals surface area contributed by atoms with E-state index in [1.807, 2.05) is 5.32 Å². The lowest BCUT2D eigenvalue weighted by Crippen LogP contribution is -2.42. The number of oxazole rings is 1. The molecule has 6 nitrogen and oxygen atoms in total. The van der Waals surface area contributed by atoms with Crippen LogP contribution in [0.3, 0.4) is 0 Å². The average Bonchev–Trinajstić information content (AvgIpc) is 2.95. The molecule has 1 amide bonds. The third-order valence-electron chi connectivity index (χ3n) is 3.03. The molecule has 1 aromatic carbocycles. The fraction of sp³-hybridized carbons (Fsp3) is 0.267. The van der Waals surface area contributed by atoms with Gasteiger partial charge in [-0.3, -0.25) is 4.79 Å². The smallest absolute Gasteiger partial charge is 0.326 e. The Hall–Kier alpha value is -2.48. The van der Waals surface area contributed by atoms with Crippen LogP contribution in [0.5, 0.6) is 0 Å². The van der Waals surface area contributed by atoms with E-state index in [0.29, 0.717) is 10.6 Å². The number of carboxylic acid groups (broad SMARTS) is 1. The highest BCUT2D eigenvalue weighted by molar-refractivity contribution is 6.30. The van der Waals surface area contributed by atoms with Gasteiger partial charge in [0.25, 0.3) is 0 Å². The fourth-order valence-electron chi connectivity index (χ4n) is 1.92. The molecule has 2 rings (SSSR count). The Kier molecular flexibility index (Phi) is 5.86. The third kappa shape index (κ3) is 5.02. The molecule has 0 radical (unpaired) electrons. The Morgan fingerprint density at radius 3 is 2.54 bits per heavy atom. The average molecular weight is 359 g/mol. The molecule has 24 heavy (non-hydrogen) atoms. The summed E-state index contributed by atoms with van der Waals surface area (Å²) in [4.78, 5) is 26.7. The zero-order valence-electron chi connectivity index (χ0n) is 12.2. The molecule has 0 aliphatic rings. The molecule has 0 saturated heterocycles. The first-order valence-corrected chi connectivity index (χ1v) is 7.23. The summed E-state index contributed by atoms with van der Waals surface area (Å²) in [6, 6.07) is 5.01. The molecule has 0 aliphatic carbocycles. The van der Waals surface area contributed by atoms with Crippen LogP contribution in [-0.2, 0) is 16.0 Å². The van der Waals surface area contributed by atoms with E-state index in [1.54, 1.807) is 24.3 Å². The number of alkyl halides is 2. The van der Waals surface area contributed by atoms with Crippen LogP contribution in [0.25, 0.3) is 11.5 Å². The number of aliphatic carboxylic acids is 1. The molecule has 0 aliphatic heterocycles. The Bertz CT molecular complexity index is 719. The number of amides is 1. The summed E-state index contributed by atoms with van der Waals surface area (Å²) in [6.07, 6.45) is -2.85. The number of nitrogens with one attached hydrogen (secondary N) is 1. The van der Waals surface area contributed by atoms with Crippen LogP contribution in [0.4, 0.5) is 8.78 Å². The molecule has 9 heteroatoms. The van der Waals surface area contributed by atoms with Gasteiger partial charge in [-0.05, 0) is 24.3 Å². The maximum absolute atomic E-state index is 12.3. The van der Waals surface area contributed by atoms with Gasteiger partial charge in [-0.2, -0.15) is 0 Å². The molecule has 1 atom stereocenters. The molecule has 128 valence electrons. The second-order valence-electron chi connectivity index (χ2n) is 4.91. The lowest BCUT2D eigenvalue weighted by atomic mass is 10.2. The van der Waals surface area contributed by atoms with Crippen molar-refractivity contribution in [3.05, 3.63) is 41.2 Å². The molecule has 2 aromatic rings. The molecular formula is C15H13ClF2N2O4. The Morgan fingerprint density at radius 1 is 1.29 bits per heavy atom. The fourth-order valence-corrected chi connectivity index (χ4v) is 2.05. The van der Waals surface area contributed by atoms with Gasteiger partial charge in [0, 0.05) is 17.0 Å². The Morgan fingerprint density at radius 2 is 1.96 bits per heavy atom. The number of hydrogen-bond acceptors (Lipinski definition) is 4. The summed E-state index contributed by atoms with van der Waals surface area (Å²) in [5.41, 5.74) is 0.894. The standard InChI is InChI=1S/C15H13ClF2N2O4/c16-9-3-1-8(2-4-9)14-19-10(7-24-14)5-13(21)20-11(15(22)23)6-12(17)18/h1-4,7,11-12H,5-6H2,(H,20,21)(H,22,23). The normalized spacial score (nSPS) is 12.2. The van der Waals surface area contributed by atoms with E-state index < -0.39 is 30.8 Å². The van der Waals surface area contributed by atoms with E-state index in [0.717, 1.165) is 0 Å². The van der Waals surface area contributed by atoms with Crippen molar-refractivity contribution >= 4 is 23.5 Å². The largest absolute Gasteiger partial charge is 0.480 e. The number of benzene rings is 1. The van der Waals surface area contributed by atoms with Crippen molar-refractivity contribution in [2.45, 2.75) is 25.3 Å². The van der Waals surface area contributed by atoms with Crippen LogP contribution in [-0.4, -0.2) is 34.4 Å². The van der Waals surface area contributed by atoms with Gasteiger partial charge in [0.2, 0.25) is 18.2 Å². The van der Waals surface area contributed by atoms with E-state index in [1.165, 1.54) is 6.26 Å². The maximum Gasteiger partial charge on any atom is 0.326 e. The first-order valence-electron chi connectivity index (χ1n) is 6.86. The minimum absolute atomic E-state index is 0.249. The summed E-state index contributed by atoms with van der Waals surface area (Å²) in [7, 11) is 0. The topological polar surface area (TPSA) is 92.4 Å². The van der Waals surface area contributed by atoms with Crippen LogP contribution in [0.2, 0.25) is 5.02 Å². The van der Waals surface area contributed by atoms with Crippen molar-refractivity contribution in [2.24, 2.45) is 0 Å². The van der Waals surface area contributed by atoms with Crippen molar-refractivity contribution in [1.82, 2.24) is 10.3 Å². The minimum Gasteiger partial charge on any atom is -0.480 e. The van der Waals surface area contributed by atoms with Gasteiger partial charge in [0.1, 0.15) is 12.3 Å². The first kappa shape index (κ1) is 17.9. The van der Waals surface area contributed by atoms with E-state index in [9.17, 15) is 18.4 Å². The molecule has 0 spiro atoms. The van der Waals surface area contributed by atoms with Crippen LogP contribution in [0, 0.1) is 0 Å². The van der Waals surface area contributed by atoms with Crippen molar-refractivity contribution in [1.29, 1.82) is 0 Å². The first-order chi connectivity index (χ1) is 11.3. The second-order valence-corrected chi connectivity index (χ2v) is 5.35. The van der Waals surface area contributed by atoms with Gasteiger partial charge in [0.15, 0.2) is 0 Å². The summed E-state index contributed by atoms with van der Waals surface area (Å²) in [5, 5.41) is 11.4. The number of carbonyl (C=O) groups excluding carboxylic acids is 1.